The van der Waals surface area contributed by atoms with E-state index in [2.05, 4.69) is 17.1 Å². The lowest BCUT2D eigenvalue weighted by molar-refractivity contribution is -0.137. The number of urea groups is 1. The van der Waals surface area contributed by atoms with E-state index in [9.17, 15) is 9.59 Å². The highest BCUT2D eigenvalue weighted by atomic mass is 35.5. The highest BCUT2D eigenvalue weighted by molar-refractivity contribution is 6.30. The molecule has 1 aromatic carbocycles. The number of aliphatic carboxylic acids is 1. The Morgan fingerprint density at radius 1 is 1.21 bits per heavy atom. The van der Waals surface area contributed by atoms with E-state index in [1.807, 2.05) is 24.3 Å². The molecule has 24 heavy (non-hydrogen) atoms. The highest BCUT2D eigenvalue weighted by Crippen LogP contribution is 2.23. The molecule has 1 aromatic rings. The van der Waals surface area contributed by atoms with Gasteiger partial charge in [0, 0.05) is 50.2 Å². The van der Waals surface area contributed by atoms with E-state index < -0.39 is 5.97 Å². The molecule has 7 heteroatoms. The van der Waals surface area contributed by atoms with E-state index in [-0.39, 0.29) is 18.5 Å². The zero-order chi connectivity index (χ0) is 17.5. The van der Waals surface area contributed by atoms with Crippen LogP contribution in [0.4, 0.5) is 4.79 Å². The second-order valence-electron chi connectivity index (χ2n) is 5.98. The number of halogens is 1. The maximum Gasteiger partial charge on any atom is 0.317 e. The number of amides is 2. The van der Waals surface area contributed by atoms with Crippen molar-refractivity contribution >= 4 is 23.6 Å². The Labute approximate surface area is 147 Å². The van der Waals surface area contributed by atoms with Crippen molar-refractivity contribution in [2.45, 2.75) is 25.8 Å². The van der Waals surface area contributed by atoms with Gasteiger partial charge in [-0.1, -0.05) is 23.7 Å². The highest BCUT2D eigenvalue weighted by Gasteiger charge is 2.24. The normalized spacial score (nSPS) is 16.7. The molecular weight excluding hydrogens is 330 g/mol. The summed E-state index contributed by atoms with van der Waals surface area (Å²) in [6.07, 6.45) is 0.529. The van der Waals surface area contributed by atoms with Crippen molar-refractivity contribution in [3.63, 3.8) is 0 Å². The minimum Gasteiger partial charge on any atom is -0.481 e. The van der Waals surface area contributed by atoms with E-state index in [1.165, 1.54) is 5.56 Å². The summed E-state index contributed by atoms with van der Waals surface area (Å²) < 4.78 is 0. The predicted molar refractivity (Wildman–Crippen MR) is 93.3 cm³/mol. The molecule has 0 saturated carbocycles. The lowest BCUT2D eigenvalue weighted by atomic mass is 10.1. The van der Waals surface area contributed by atoms with Crippen LogP contribution in [0.5, 0.6) is 0 Å². The first-order chi connectivity index (χ1) is 11.5. The van der Waals surface area contributed by atoms with Crippen molar-refractivity contribution < 1.29 is 14.7 Å². The SMILES string of the molecule is CC(c1ccc(Cl)cc1)N1CCN(C(=O)NCCCC(=O)O)CC1. The summed E-state index contributed by atoms with van der Waals surface area (Å²) >= 11 is 5.93. The Kier molecular flexibility index (Phi) is 6.87. The summed E-state index contributed by atoms with van der Waals surface area (Å²) in [5.41, 5.74) is 1.21. The average molecular weight is 354 g/mol. The maximum absolute atomic E-state index is 12.1. The van der Waals surface area contributed by atoms with Crippen LogP contribution in [0.25, 0.3) is 0 Å². The summed E-state index contributed by atoms with van der Waals surface area (Å²) in [6.45, 7) is 5.52. The van der Waals surface area contributed by atoms with Gasteiger partial charge in [-0.15, -0.1) is 0 Å². The first-order valence-electron chi connectivity index (χ1n) is 8.21. The van der Waals surface area contributed by atoms with Gasteiger partial charge in [-0.25, -0.2) is 4.79 Å². The summed E-state index contributed by atoms with van der Waals surface area (Å²) in [6, 6.07) is 8.04. The molecule has 1 aliphatic rings. The van der Waals surface area contributed by atoms with E-state index in [1.54, 1.807) is 4.90 Å². The number of nitrogens with one attached hydrogen (secondary N) is 1. The van der Waals surface area contributed by atoms with Crippen LogP contribution in [0.1, 0.15) is 31.4 Å². The molecule has 1 atom stereocenters. The largest absolute Gasteiger partial charge is 0.481 e. The third-order valence-electron chi connectivity index (χ3n) is 4.35. The van der Waals surface area contributed by atoms with Crippen LogP contribution in [0.15, 0.2) is 24.3 Å². The third kappa shape index (κ3) is 5.39. The number of carboxylic acids is 1. The molecule has 1 fully saturated rings. The standard InChI is InChI=1S/C17H24ClN3O3/c1-13(14-4-6-15(18)7-5-14)20-9-11-21(12-10-20)17(24)19-8-2-3-16(22)23/h4-7,13H,2-3,8-12H2,1H3,(H,19,24)(H,22,23). The molecule has 2 rings (SSSR count). The second-order valence-corrected chi connectivity index (χ2v) is 6.42. The van der Waals surface area contributed by atoms with Gasteiger partial charge in [-0.2, -0.15) is 0 Å². The fourth-order valence-electron chi connectivity index (χ4n) is 2.81. The van der Waals surface area contributed by atoms with Crippen LogP contribution in [0, 0.1) is 0 Å². The fourth-order valence-corrected chi connectivity index (χ4v) is 2.94. The molecular formula is C17H24ClN3O3. The van der Waals surface area contributed by atoms with Crippen LogP contribution in [-0.4, -0.2) is 59.6 Å². The minimum absolute atomic E-state index is 0.0761. The molecule has 1 unspecified atom stereocenters. The molecule has 2 N–H and O–H groups in total. The zero-order valence-corrected chi connectivity index (χ0v) is 14.6. The van der Waals surface area contributed by atoms with Crippen molar-refractivity contribution in [1.29, 1.82) is 0 Å². The van der Waals surface area contributed by atoms with Gasteiger partial charge in [0.25, 0.3) is 0 Å². The first kappa shape index (κ1) is 18.5. The molecule has 0 spiro atoms. The van der Waals surface area contributed by atoms with Gasteiger partial charge < -0.3 is 15.3 Å². The lowest BCUT2D eigenvalue weighted by Gasteiger charge is -2.38. The smallest absolute Gasteiger partial charge is 0.317 e. The molecule has 0 bridgehead atoms. The van der Waals surface area contributed by atoms with Crippen molar-refractivity contribution in [1.82, 2.24) is 15.1 Å². The van der Waals surface area contributed by atoms with Crippen molar-refractivity contribution in [2.24, 2.45) is 0 Å². The van der Waals surface area contributed by atoms with Gasteiger partial charge in [0.1, 0.15) is 0 Å². The van der Waals surface area contributed by atoms with E-state index in [0.717, 1.165) is 18.1 Å². The Bertz CT molecular complexity index is 557. The molecule has 0 aliphatic carbocycles. The predicted octanol–water partition coefficient (Wildman–Crippen LogP) is 2.59. The van der Waals surface area contributed by atoms with Gasteiger partial charge in [0.2, 0.25) is 0 Å². The summed E-state index contributed by atoms with van der Waals surface area (Å²) in [7, 11) is 0. The maximum atomic E-state index is 12.1. The number of hydrogen-bond donors (Lipinski definition) is 2. The minimum atomic E-state index is -0.839. The van der Waals surface area contributed by atoms with Crippen LogP contribution >= 0.6 is 11.6 Å². The topological polar surface area (TPSA) is 72.9 Å². The second kappa shape index (κ2) is 8.89. The van der Waals surface area contributed by atoms with Crippen molar-refractivity contribution in [3.8, 4) is 0 Å². The average Bonchev–Trinajstić information content (AvgIpc) is 2.58. The van der Waals surface area contributed by atoms with E-state index >= 15 is 0 Å². The number of carbonyl (C=O) groups is 2. The van der Waals surface area contributed by atoms with Gasteiger partial charge in [0.05, 0.1) is 0 Å². The monoisotopic (exact) mass is 353 g/mol. The van der Waals surface area contributed by atoms with Crippen LogP contribution < -0.4 is 5.32 Å². The van der Waals surface area contributed by atoms with Crippen LogP contribution in [0.2, 0.25) is 5.02 Å². The zero-order valence-electron chi connectivity index (χ0n) is 13.9. The number of hydrogen-bond acceptors (Lipinski definition) is 3. The van der Waals surface area contributed by atoms with Crippen LogP contribution in [-0.2, 0) is 4.79 Å². The quantitative estimate of drug-likeness (QED) is 0.771. The Morgan fingerprint density at radius 3 is 2.42 bits per heavy atom. The first-order valence-corrected chi connectivity index (χ1v) is 8.59. The van der Waals surface area contributed by atoms with E-state index in [0.29, 0.717) is 26.1 Å². The number of carbonyl (C=O) groups excluding carboxylic acids is 1. The van der Waals surface area contributed by atoms with Gasteiger partial charge in [-0.05, 0) is 31.0 Å². The molecule has 0 aromatic heterocycles. The van der Waals surface area contributed by atoms with Gasteiger partial charge in [-0.3, -0.25) is 9.69 Å². The summed E-state index contributed by atoms with van der Waals surface area (Å²) in [4.78, 5) is 26.6. The summed E-state index contributed by atoms with van der Waals surface area (Å²) in [5, 5.41) is 12.1. The molecule has 1 heterocycles. The van der Waals surface area contributed by atoms with Crippen molar-refractivity contribution in [2.75, 3.05) is 32.7 Å². The number of benzene rings is 1. The van der Waals surface area contributed by atoms with Gasteiger partial charge >= 0.3 is 12.0 Å². The molecule has 1 saturated heterocycles. The Hall–Kier alpha value is -1.79. The Morgan fingerprint density at radius 2 is 1.83 bits per heavy atom. The Balaban J connectivity index is 1.75. The molecule has 0 radical (unpaired) electrons. The molecule has 6 nitrogen and oxygen atoms in total. The van der Waals surface area contributed by atoms with Gasteiger partial charge in [0.15, 0.2) is 0 Å². The van der Waals surface area contributed by atoms with Crippen molar-refractivity contribution in [3.05, 3.63) is 34.9 Å². The molecule has 132 valence electrons. The number of rotatable bonds is 6. The summed E-state index contributed by atoms with van der Waals surface area (Å²) in [5.74, 6) is -0.839. The van der Waals surface area contributed by atoms with Crippen LogP contribution in [0.3, 0.4) is 0 Å². The number of carboxylic acid groups (broad SMARTS) is 1. The third-order valence-corrected chi connectivity index (χ3v) is 4.60. The molecule has 1 aliphatic heterocycles. The lowest BCUT2D eigenvalue weighted by Crippen LogP contribution is -2.52. The van der Waals surface area contributed by atoms with E-state index in [4.69, 9.17) is 16.7 Å². The molecule has 2 amide bonds. The number of piperazine rings is 1. The number of nitrogens with zero attached hydrogens (tertiary/aromatic N) is 2. The fraction of sp³-hybridized carbons (Fsp3) is 0.529.